The molecule has 3 rings (SSSR count). The maximum atomic E-state index is 11.3. The Morgan fingerprint density at radius 2 is 1.90 bits per heavy atom. The average molecular weight is 288 g/mol. The van der Waals surface area contributed by atoms with E-state index in [1.807, 2.05) is 23.2 Å². The summed E-state index contributed by atoms with van der Waals surface area (Å²) in [7, 11) is 0. The van der Waals surface area contributed by atoms with Gasteiger partial charge in [0.1, 0.15) is 0 Å². The zero-order chi connectivity index (χ0) is 13.9. The van der Waals surface area contributed by atoms with Crippen molar-refractivity contribution in [2.24, 2.45) is 0 Å². The monoisotopic (exact) mass is 288 g/mol. The number of amides is 1. The summed E-state index contributed by atoms with van der Waals surface area (Å²) in [5.74, 6) is 0.154. The first-order valence-electron chi connectivity index (χ1n) is 6.61. The van der Waals surface area contributed by atoms with E-state index in [1.54, 1.807) is 30.7 Å². The van der Waals surface area contributed by atoms with Crippen molar-refractivity contribution in [1.82, 2.24) is 14.9 Å². The Labute approximate surface area is 121 Å². The van der Waals surface area contributed by atoms with Gasteiger partial charge in [-0.15, -0.1) is 0 Å². The summed E-state index contributed by atoms with van der Waals surface area (Å²) in [5, 5.41) is 1.03. The van der Waals surface area contributed by atoms with E-state index in [2.05, 4.69) is 14.9 Å². The van der Waals surface area contributed by atoms with Crippen molar-refractivity contribution in [2.45, 2.75) is 6.92 Å². The molecule has 5 nitrogen and oxygen atoms in total. The molecule has 0 bridgehead atoms. The van der Waals surface area contributed by atoms with Gasteiger partial charge in [0.2, 0.25) is 5.91 Å². The number of piperazine rings is 1. The van der Waals surface area contributed by atoms with Gasteiger partial charge in [0.15, 0.2) is 5.13 Å². The SMILES string of the molecule is CC(=O)N1CCN(c2ncc(-c3ccncc3)s2)CC1. The van der Waals surface area contributed by atoms with Crippen LogP contribution in [0, 0.1) is 0 Å². The molecule has 1 saturated heterocycles. The third-order valence-corrected chi connectivity index (χ3v) is 4.56. The highest BCUT2D eigenvalue weighted by Crippen LogP contribution is 2.31. The van der Waals surface area contributed by atoms with Gasteiger partial charge in [-0.25, -0.2) is 4.98 Å². The van der Waals surface area contributed by atoms with Crippen molar-refractivity contribution in [3.8, 4) is 10.4 Å². The number of hydrogen-bond acceptors (Lipinski definition) is 5. The smallest absolute Gasteiger partial charge is 0.219 e. The fraction of sp³-hybridized carbons (Fsp3) is 0.357. The zero-order valence-electron chi connectivity index (χ0n) is 11.3. The quantitative estimate of drug-likeness (QED) is 0.846. The summed E-state index contributed by atoms with van der Waals surface area (Å²) in [6, 6.07) is 3.98. The molecule has 1 aliphatic rings. The summed E-state index contributed by atoms with van der Waals surface area (Å²) in [6.45, 7) is 4.88. The molecule has 0 atom stereocenters. The third kappa shape index (κ3) is 2.65. The molecule has 2 aromatic rings. The van der Waals surface area contributed by atoms with E-state index in [1.165, 1.54) is 0 Å². The summed E-state index contributed by atoms with van der Waals surface area (Å²) < 4.78 is 0. The summed E-state index contributed by atoms with van der Waals surface area (Å²) in [6.07, 6.45) is 5.49. The zero-order valence-corrected chi connectivity index (χ0v) is 12.1. The minimum atomic E-state index is 0.154. The van der Waals surface area contributed by atoms with Crippen LogP contribution in [-0.4, -0.2) is 47.0 Å². The predicted molar refractivity (Wildman–Crippen MR) is 79.8 cm³/mol. The number of aromatic nitrogens is 2. The first-order chi connectivity index (χ1) is 9.74. The van der Waals surface area contributed by atoms with Gasteiger partial charge in [0, 0.05) is 51.7 Å². The molecule has 20 heavy (non-hydrogen) atoms. The van der Waals surface area contributed by atoms with Gasteiger partial charge in [-0.1, -0.05) is 11.3 Å². The Morgan fingerprint density at radius 1 is 1.20 bits per heavy atom. The summed E-state index contributed by atoms with van der Waals surface area (Å²) >= 11 is 1.69. The number of nitrogens with zero attached hydrogens (tertiary/aromatic N) is 4. The number of pyridine rings is 1. The number of carbonyl (C=O) groups excluding carboxylic acids is 1. The van der Waals surface area contributed by atoms with Gasteiger partial charge in [-0.2, -0.15) is 0 Å². The van der Waals surface area contributed by atoms with Crippen molar-refractivity contribution in [3.63, 3.8) is 0 Å². The van der Waals surface area contributed by atoms with Crippen molar-refractivity contribution >= 4 is 22.4 Å². The van der Waals surface area contributed by atoms with Crippen LogP contribution in [0.2, 0.25) is 0 Å². The Bertz CT molecular complexity index is 590. The molecular formula is C14H16N4OS. The highest BCUT2D eigenvalue weighted by atomic mass is 32.1. The van der Waals surface area contributed by atoms with E-state index in [0.29, 0.717) is 0 Å². The Morgan fingerprint density at radius 3 is 2.55 bits per heavy atom. The Balaban J connectivity index is 1.71. The van der Waals surface area contributed by atoms with Crippen LogP contribution in [0.25, 0.3) is 10.4 Å². The lowest BCUT2D eigenvalue weighted by atomic mass is 10.2. The second-order valence-electron chi connectivity index (χ2n) is 4.74. The molecular weight excluding hydrogens is 272 g/mol. The number of thiazole rings is 1. The highest BCUT2D eigenvalue weighted by molar-refractivity contribution is 7.18. The van der Waals surface area contributed by atoms with Gasteiger partial charge >= 0.3 is 0 Å². The molecule has 104 valence electrons. The van der Waals surface area contributed by atoms with E-state index < -0.39 is 0 Å². The molecule has 1 aliphatic heterocycles. The number of anilines is 1. The number of rotatable bonds is 2. The van der Waals surface area contributed by atoms with Crippen LogP contribution in [0.3, 0.4) is 0 Å². The minimum absolute atomic E-state index is 0.154. The second kappa shape index (κ2) is 5.58. The normalized spacial score (nSPS) is 15.4. The Kier molecular flexibility index (Phi) is 3.64. The Hall–Kier alpha value is -1.95. The molecule has 0 radical (unpaired) electrons. The summed E-state index contributed by atoms with van der Waals surface area (Å²) in [5.41, 5.74) is 1.14. The van der Waals surface area contributed by atoms with Crippen LogP contribution in [0.1, 0.15) is 6.92 Å². The lowest BCUT2D eigenvalue weighted by Gasteiger charge is -2.33. The molecule has 0 aromatic carbocycles. The van der Waals surface area contributed by atoms with Crippen molar-refractivity contribution in [1.29, 1.82) is 0 Å². The van der Waals surface area contributed by atoms with Gasteiger partial charge in [-0.05, 0) is 17.7 Å². The minimum Gasteiger partial charge on any atom is -0.345 e. The third-order valence-electron chi connectivity index (χ3n) is 3.45. The average Bonchev–Trinajstić information content (AvgIpc) is 2.98. The molecule has 0 aliphatic carbocycles. The summed E-state index contributed by atoms with van der Waals surface area (Å²) in [4.78, 5) is 25.1. The van der Waals surface area contributed by atoms with Crippen molar-refractivity contribution < 1.29 is 4.79 Å². The second-order valence-corrected chi connectivity index (χ2v) is 5.75. The maximum Gasteiger partial charge on any atom is 0.219 e. The van der Waals surface area contributed by atoms with E-state index in [0.717, 1.165) is 41.8 Å². The van der Waals surface area contributed by atoms with Gasteiger partial charge in [0.05, 0.1) is 4.88 Å². The van der Waals surface area contributed by atoms with Crippen LogP contribution in [0.4, 0.5) is 5.13 Å². The lowest BCUT2D eigenvalue weighted by Crippen LogP contribution is -2.48. The van der Waals surface area contributed by atoms with E-state index in [9.17, 15) is 4.79 Å². The van der Waals surface area contributed by atoms with Gasteiger partial charge < -0.3 is 9.80 Å². The fourth-order valence-electron chi connectivity index (χ4n) is 2.27. The fourth-order valence-corrected chi connectivity index (χ4v) is 3.25. The lowest BCUT2D eigenvalue weighted by molar-refractivity contribution is -0.129. The van der Waals surface area contributed by atoms with Crippen LogP contribution in [0.15, 0.2) is 30.7 Å². The van der Waals surface area contributed by atoms with Crippen LogP contribution >= 0.6 is 11.3 Å². The molecule has 0 N–H and O–H groups in total. The van der Waals surface area contributed by atoms with Crippen LogP contribution < -0.4 is 4.90 Å². The predicted octanol–water partition coefficient (Wildman–Crippen LogP) is 1.87. The van der Waals surface area contributed by atoms with Crippen molar-refractivity contribution in [2.75, 3.05) is 31.1 Å². The maximum absolute atomic E-state index is 11.3. The van der Waals surface area contributed by atoms with E-state index in [4.69, 9.17) is 0 Å². The molecule has 0 saturated carbocycles. The van der Waals surface area contributed by atoms with E-state index in [-0.39, 0.29) is 5.91 Å². The first-order valence-corrected chi connectivity index (χ1v) is 7.42. The topological polar surface area (TPSA) is 49.3 Å². The molecule has 2 aromatic heterocycles. The van der Waals surface area contributed by atoms with Crippen LogP contribution in [0.5, 0.6) is 0 Å². The van der Waals surface area contributed by atoms with E-state index >= 15 is 0 Å². The first kappa shape index (κ1) is 13.1. The molecule has 3 heterocycles. The van der Waals surface area contributed by atoms with Gasteiger partial charge in [-0.3, -0.25) is 9.78 Å². The van der Waals surface area contributed by atoms with Gasteiger partial charge in [0.25, 0.3) is 0 Å². The molecule has 1 amide bonds. The molecule has 6 heteroatoms. The molecule has 0 spiro atoms. The highest BCUT2D eigenvalue weighted by Gasteiger charge is 2.20. The number of carbonyl (C=O) groups is 1. The number of hydrogen-bond donors (Lipinski definition) is 0. The molecule has 1 fully saturated rings. The standard InChI is InChI=1S/C14H16N4OS/c1-11(19)17-6-8-18(9-7-17)14-16-10-13(20-14)12-2-4-15-5-3-12/h2-5,10H,6-9H2,1H3. The van der Waals surface area contributed by atoms with Crippen molar-refractivity contribution in [3.05, 3.63) is 30.7 Å². The largest absolute Gasteiger partial charge is 0.345 e. The van der Waals surface area contributed by atoms with Crippen LogP contribution in [-0.2, 0) is 4.79 Å². The molecule has 0 unspecified atom stereocenters.